The number of rotatable bonds is 3. The highest BCUT2D eigenvalue weighted by Crippen LogP contribution is 2.34. The van der Waals surface area contributed by atoms with Gasteiger partial charge < -0.3 is 9.47 Å². The van der Waals surface area contributed by atoms with Gasteiger partial charge in [-0.25, -0.2) is 9.79 Å². The number of carbonyl (C=O) groups is 1. The van der Waals surface area contributed by atoms with E-state index in [-0.39, 0.29) is 11.6 Å². The van der Waals surface area contributed by atoms with Gasteiger partial charge in [0.1, 0.15) is 5.75 Å². The van der Waals surface area contributed by atoms with Crippen molar-refractivity contribution in [2.45, 2.75) is 0 Å². The van der Waals surface area contributed by atoms with Gasteiger partial charge in [-0.1, -0.05) is 37.9 Å². The van der Waals surface area contributed by atoms with Crippen LogP contribution < -0.4 is 4.74 Å². The van der Waals surface area contributed by atoms with Gasteiger partial charge in [-0.05, 0) is 52.3 Å². The molecule has 0 N–H and O–H groups in total. The number of hydrogen-bond donors (Lipinski definition) is 0. The van der Waals surface area contributed by atoms with Crippen LogP contribution in [0.2, 0.25) is 0 Å². The van der Waals surface area contributed by atoms with Crippen molar-refractivity contribution in [3.8, 4) is 5.75 Å². The zero-order valence-corrected chi connectivity index (χ0v) is 17.1. The van der Waals surface area contributed by atoms with Gasteiger partial charge in [0.25, 0.3) is 0 Å². The van der Waals surface area contributed by atoms with Gasteiger partial charge in [0.2, 0.25) is 5.90 Å². The quantitative estimate of drug-likeness (QED) is 0.410. The summed E-state index contributed by atoms with van der Waals surface area (Å²) in [6.07, 6.45) is 1.64. The lowest BCUT2D eigenvalue weighted by Gasteiger charge is -2.08. The molecule has 24 heavy (non-hydrogen) atoms. The summed E-state index contributed by atoms with van der Waals surface area (Å²) in [7, 11) is 1.57. The van der Waals surface area contributed by atoms with Crippen molar-refractivity contribution in [3.63, 3.8) is 0 Å². The van der Waals surface area contributed by atoms with Gasteiger partial charge in [-0.15, -0.1) is 0 Å². The molecule has 0 bridgehead atoms. The van der Waals surface area contributed by atoms with Crippen LogP contribution in [0.25, 0.3) is 6.08 Å². The van der Waals surface area contributed by atoms with Gasteiger partial charge in [0.15, 0.2) is 5.70 Å². The fourth-order valence-corrected chi connectivity index (χ4v) is 4.02. The molecule has 0 spiro atoms. The molecule has 3 rings (SSSR count). The second kappa shape index (κ2) is 7.21. The van der Waals surface area contributed by atoms with Crippen LogP contribution in [0.5, 0.6) is 5.75 Å². The van der Waals surface area contributed by atoms with Gasteiger partial charge >= 0.3 is 5.97 Å². The number of nitrogens with zero attached hydrogens (tertiary/aromatic N) is 1. The Morgan fingerprint density at radius 1 is 1.12 bits per heavy atom. The molecule has 1 heterocycles. The molecule has 0 radical (unpaired) electrons. The third-order valence-electron chi connectivity index (χ3n) is 3.23. The second-order valence-corrected chi connectivity index (χ2v) is 7.54. The zero-order chi connectivity index (χ0) is 17.3. The molecule has 122 valence electrons. The number of cyclic esters (lactones) is 1. The Kier molecular flexibility index (Phi) is 5.22. The number of aliphatic imine (C=N–C) groups is 1. The number of hydrogen-bond acceptors (Lipinski definition) is 4. The van der Waals surface area contributed by atoms with Crippen molar-refractivity contribution in [2.24, 2.45) is 4.99 Å². The molecule has 2 aromatic carbocycles. The van der Waals surface area contributed by atoms with E-state index in [1.54, 1.807) is 13.2 Å². The molecule has 0 unspecified atom stereocenters. The second-order valence-electron chi connectivity index (χ2n) is 4.86. The fraction of sp³-hybridized carbons (Fsp3) is 0.0588. The van der Waals surface area contributed by atoms with Crippen molar-refractivity contribution in [1.29, 1.82) is 0 Å². The van der Waals surface area contributed by atoms with Gasteiger partial charge in [0.05, 0.1) is 11.6 Å². The molecule has 0 aliphatic carbocycles. The molecule has 0 saturated carbocycles. The molecule has 0 atom stereocenters. The molecule has 1 aliphatic rings. The van der Waals surface area contributed by atoms with Crippen molar-refractivity contribution in [2.75, 3.05) is 7.11 Å². The van der Waals surface area contributed by atoms with Crippen LogP contribution in [-0.4, -0.2) is 19.0 Å². The Morgan fingerprint density at radius 2 is 1.92 bits per heavy atom. The first-order chi connectivity index (χ1) is 11.5. The average molecular weight is 516 g/mol. The number of benzene rings is 2. The molecule has 0 amide bonds. The summed E-state index contributed by atoms with van der Waals surface area (Å²) < 4.78 is 13.2. The number of carbonyl (C=O) groups excluding carboxylic acids is 1. The van der Waals surface area contributed by atoms with Crippen LogP contribution >= 0.6 is 47.8 Å². The summed E-state index contributed by atoms with van der Waals surface area (Å²) in [5.41, 5.74) is 1.65. The van der Waals surface area contributed by atoms with E-state index in [1.807, 2.05) is 36.4 Å². The fourth-order valence-electron chi connectivity index (χ4n) is 2.20. The molecule has 0 fully saturated rings. The van der Waals surface area contributed by atoms with Gasteiger partial charge in [0, 0.05) is 20.1 Å². The minimum Gasteiger partial charge on any atom is -0.495 e. The highest BCUT2D eigenvalue weighted by Gasteiger charge is 2.25. The minimum absolute atomic E-state index is 0.216. The standard InChI is InChI=1S/C17H10Br3NO3/c1-23-15-10(6-12(19)8-13(15)20)7-14-17(22)24-16(21-14)9-3-2-4-11(18)5-9/h2-8H,1H3/b14-7-. The number of esters is 1. The first-order valence-electron chi connectivity index (χ1n) is 6.79. The molecule has 4 nitrogen and oxygen atoms in total. The smallest absolute Gasteiger partial charge is 0.363 e. The average Bonchev–Trinajstić information content (AvgIpc) is 2.88. The predicted molar refractivity (Wildman–Crippen MR) is 103 cm³/mol. The van der Waals surface area contributed by atoms with E-state index in [9.17, 15) is 4.79 Å². The van der Waals surface area contributed by atoms with Crippen LogP contribution in [0.15, 0.2) is 60.5 Å². The van der Waals surface area contributed by atoms with Gasteiger partial charge in [-0.2, -0.15) is 0 Å². The monoisotopic (exact) mass is 513 g/mol. The summed E-state index contributed by atoms with van der Waals surface area (Å²) in [5, 5.41) is 0. The van der Waals surface area contributed by atoms with Crippen LogP contribution in [0, 0.1) is 0 Å². The van der Waals surface area contributed by atoms with Crippen molar-refractivity contribution >= 4 is 65.7 Å². The molecular formula is C17H10Br3NO3. The molecule has 0 aromatic heterocycles. The van der Waals surface area contributed by atoms with Crippen LogP contribution in [0.1, 0.15) is 11.1 Å². The maximum absolute atomic E-state index is 12.1. The first-order valence-corrected chi connectivity index (χ1v) is 9.17. The number of methoxy groups -OCH3 is 1. The van der Waals surface area contributed by atoms with E-state index >= 15 is 0 Å². The summed E-state index contributed by atoms with van der Waals surface area (Å²) in [6, 6.07) is 11.1. The number of ether oxygens (including phenoxy) is 2. The van der Waals surface area contributed by atoms with E-state index in [0.29, 0.717) is 11.3 Å². The normalized spacial score (nSPS) is 15.4. The zero-order valence-electron chi connectivity index (χ0n) is 12.3. The molecule has 2 aromatic rings. The largest absolute Gasteiger partial charge is 0.495 e. The van der Waals surface area contributed by atoms with E-state index in [4.69, 9.17) is 9.47 Å². The topological polar surface area (TPSA) is 47.9 Å². The maximum atomic E-state index is 12.1. The highest BCUT2D eigenvalue weighted by molar-refractivity contribution is 9.11. The Bertz CT molecular complexity index is 891. The lowest BCUT2D eigenvalue weighted by Crippen LogP contribution is -2.05. The van der Waals surface area contributed by atoms with Crippen molar-refractivity contribution in [1.82, 2.24) is 0 Å². The Balaban J connectivity index is 2.04. The predicted octanol–water partition coefficient (Wildman–Crippen LogP) is 5.33. The Labute approximate surface area is 164 Å². The third kappa shape index (κ3) is 3.63. The lowest BCUT2D eigenvalue weighted by atomic mass is 10.1. The Hall–Kier alpha value is -1.44. The first kappa shape index (κ1) is 17.4. The van der Waals surface area contributed by atoms with Gasteiger partial charge in [-0.3, -0.25) is 0 Å². The third-order valence-corrected chi connectivity index (χ3v) is 4.77. The summed E-state index contributed by atoms with van der Waals surface area (Å²) in [5.74, 6) is 0.397. The summed E-state index contributed by atoms with van der Waals surface area (Å²) in [4.78, 5) is 16.4. The minimum atomic E-state index is -0.497. The Morgan fingerprint density at radius 3 is 2.62 bits per heavy atom. The molecule has 0 saturated heterocycles. The van der Waals surface area contributed by atoms with E-state index < -0.39 is 5.97 Å². The lowest BCUT2D eigenvalue weighted by molar-refractivity contribution is -0.129. The van der Waals surface area contributed by atoms with Crippen molar-refractivity contribution in [3.05, 3.63) is 66.6 Å². The van der Waals surface area contributed by atoms with E-state index in [0.717, 1.165) is 19.0 Å². The van der Waals surface area contributed by atoms with E-state index in [2.05, 4.69) is 52.8 Å². The SMILES string of the molecule is COc1c(Br)cc(Br)cc1/C=C1\N=C(c2cccc(Br)c2)OC1=O. The molecule has 7 heteroatoms. The highest BCUT2D eigenvalue weighted by atomic mass is 79.9. The summed E-state index contributed by atoms with van der Waals surface area (Å²) in [6.45, 7) is 0. The molecular weight excluding hydrogens is 506 g/mol. The van der Waals surface area contributed by atoms with E-state index in [1.165, 1.54) is 0 Å². The van der Waals surface area contributed by atoms with Crippen molar-refractivity contribution < 1.29 is 14.3 Å². The number of halogens is 3. The summed E-state index contributed by atoms with van der Waals surface area (Å²) >= 11 is 10.3. The van der Waals surface area contributed by atoms with Crippen LogP contribution in [0.4, 0.5) is 0 Å². The maximum Gasteiger partial charge on any atom is 0.363 e. The molecule has 1 aliphatic heterocycles. The van der Waals surface area contributed by atoms with Crippen LogP contribution in [-0.2, 0) is 9.53 Å². The van der Waals surface area contributed by atoms with Crippen LogP contribution in [0.3, 0.4) is 0 Å².